The van der Waals surface area contributed by atoms with E-state index >= 15 is 0 Å². The van der Waals surface area contributed by atoms with Crippen molar-refractivity contribution in [3.63, 3.8) is 0 Å². The topological polar surface area (TPSA) is 47.3 Å². The summed E-state index contributed by atoms with van der Waals surface area (Å²) >= 11 is 6.09. The number of nitrogens with two attached hydrogens (primary N) is 1. The first kappa shape index (κ1) is 12.4. The second-order valence-corrected chi connectivity index (χ2v) is 3.66. The number of halogens is 2. The summed E-state index contributed by atoms with van der Waals surface area (Å²) in [5.74, 6) is 0.879. The fourth-order valence-electron chi connectivity index (χ4n) is 1.55. The van der Waals surface area contributed by atoms with Gasteiger partial charge in [0.1, 0.15) is 12.4 Å². The molecule has 15 heavy (non-hydrogen) atoms. The highest BCUT2D eigenvalue weighted by atomic mass is 35.5. The highest BCUT2D eigenvalue weighted by Crippen LogP contribution is 2.33. The molecule has 1 aliphatic heterocycles. The van der Waals surface area contributed by atoms with Crippen LogP contribution in [0.1, 0.15) is 5.56 Å². The summed E-state index contributed by atoms with van der Waals surface area (Å²) in [5.41, 5.74) is 7.52. The third kappa shape index (κ3) is 2.68. The molecule has 0 radical (unpaired) electrons. The second kappa shape index (κ2) is 5.45. The zero-order valence-corrected chi connectivity index (χ0v) is 9.83. The normalized spacial score (nSPS) is 13.2. The van der Waals surface area contributed by atoms with Crippen LogP contribution in [-0.2, 0) is 6.42 Å². The number of rotatable bonds is 2. The van der Waals surface area contributed by atoms with Crippen molar-refractivity contribution < 1.29 is 4.74 Å². The lowest BCUT2D eigenvalue weighted by atomic mass is 10.1. The Morgan fingerprint density at radius 1 is 1.47 bits per heavy atom. The van der Waals surface area contributed by atoms with Gasteiger partial charge < -0.3 is 15.8 Å². The van der Waals surface area contributed by atoms with E-state index in [4.69, 9.17) is 22.1 Å². The summed E-state index contributed by atoms with van der Waals surface area (Å²) in [6, 6.07) is 3.87. The second-order valence-electron chi connectivity index (χ2n) is 3.25. The molecule has 2 rings (SSSR count). The van der Waals surface area contributed by atoms with Gasteiger partial charge in [0, 0.05) is 11.6 Å². The smallest absolute Gasteiger partial charge is 0.142 e. The molecule has 0 unspecified atom stereocenters. The number of anilines is 1. The lowest BCUT2D eigenvalue weighted by Gasteiger charge is -2.20. The first-order chi connectivity index (χ1) is 6.81. The van der Waals surface area contributed by atoms with E-state index in [1.165, 1.54) is 0 Å². The van der Waals surface area contributed by atoms with Gasteiger partial charge in [-0.3, -0.25) is 0 Å². The zero-order valence-electron chi connectivity index (χ0n) is 8.25. The van der Waals surface area contributed by atoms with Crippen molar-refractivity contribution in [3.8, 4) is 5.75 Å². The van der Waals surface area contributed by atoms with E-state index in [0.717, 1.165) is 35.0 Å². The average molecular weight is 249 g/mol. The summed E-state index contributed by atoms with van der Waals surface area (Å²) < 4.78 is 5.50. The van der Waals surface area contributed by atoms with E-state index in [1.54, 1.807) is 0 Å². The van der Waals surface area contributed by atoms with Crippen molar-refractivity contribution in [1.29, 1.82) is 0 Å². The van der Waals surface area contributed by atoms with Gasteiger partial charge in [-0.05, 0) is 30.7 Å². The molecule has 84 valence electrons. The molecule has 0 bridgehead atoms. The Labute approximate surface area is 100 Å². The van der Waals surface area contributed by atoms with Crippen LogP contribution < -0.4 is 15.8 Å². The molecule has 0 amide bonds. The minimum absolute atomic E-state index is 0. The largest absolute Gasteiger partial charge is 0.490 e. The maximum absolute atomic E-state index is 6.09. The van der Waals surface area contributed by atoms with E-state index < -0.39 is 0 Å². The fourth-order valence-corrected chi connectivity index (χ4v) is 1.80. The van der Waals surface area contributed by atoms with E-state index in [2.05, 4.69) is 5.32 Å². The fraction of sp³-hybridized carbons (Fsp3) is 0.400. The molecule has 0 aromatic heterocycles. The summed E-state index contributed by atoms with van der Waals surface area (Å²) in [5, 5.41) is 3.99. The summed E-state index contributed by atoms with van der Waals surface area (Å²) in [4.78, 5) is 0. The van der Waals surface area contributed by atoms with E-state index in [1.807, 2.05) is 12.1 Å². The van der Waals surface area contributed by atoms with Crippen molar-refractivity contribution >= 4 is 29.7 Å². The molecule has 1 aromatic carbocycles. The van der Waals surface area contributed by atoms with Crippen molar-refractivity contribution in [2.24, 2.45) is 5.73 Å². The van der Waals surface area contributed by atoms with Gasteiger partial charge >= 0.3 is 0 Å². The molecule has 5 heteroatoms. The molecule has 1 aromatic rings. The Balaban J connectivity index is 0.00000112. The third-order valence-electron chi connectivity index (χ3n) is 2.24. The summed E-state index contributed by atoms with van der Waals surface area (Å²) in [6.07, 6.45) is 0.787. The predicted octanol–water partition coefficient (Wildman–Crippen LogP) is 2.07. The molecule has 0 saturated heterocycles. The molecule has 0 aliphatic carbocycles. The monoisotopic (exact) mass is 248 g/mol. The van der Waals surface area contributed by atoms with Crippen LogP contribution in [0.4, 0.5) is 5.69 Å². The van der Waals surface area contributed by atoms with Gasteiger partial charge in [-0.1, -0.05) is 11.6 Å². The van der Waals surface area contributed by atoms with Gasteiger partial charge in [0.05, 0.1) is 5.69 Å². The molecular formula is C10H14Cl2N2O. The molecule has 1 heterocycles. The van der Waals surface area contributed by atoms with Gasteiger partial charge in [-0.2, -0.15) is 0 Å². The molecule has 0 atom stereocenters. The number of fused-ring (bicyclic) bond motifs is 1. The lowest BCUT2D eigenvalue weighted by Crippen LogP contribution is -2.18. The Morgan fingerprint density at radius 2 is 2.27 bits per heavy atom. The summed E-state index contributed by atoms with van der Waals surface area (Å²) in [6.45, 7) is 2.14. The molecule has 0 spiro atoms. The Kier molecular flexibility index (Phi) is 4.51. The van der Waals surface area contributed by atoms with Crippen molar-refractivity contribution in [3.05, 3.63) is 22.7 Å². The predicted molar refractivity (Wildman–Crippen MR) is 65.4 cm³/mol. The average Bonchev–Trinajstić information content (AvgIpc) is 2.19. The Morgan fingerprint density at radius 3 is 3.00 bits per heavy atom. The highest BCUT2D eigenvalue weighted by molar-refractivity contribution is 6.31. The van der Waals surface area contributed by atoms with Crippen LogP contribution in [0.3, 0.4) is 0 Å². The van der Waals surface area contributed by atoms with Crippen LogP contribution in [0.25, 0.3) is 0 Å². The van der Waals surface area contributed by atoms with Crippen molar-refractivity contribution in [1.82, 2.24) is 0 Å². The van der Waals surface area contributed by atoms with Crippen LogP contribution in [0.5, 0.6) is 5.75 Å². The van der Waals surface area contributed by atoms with E-state index in [9.17, 15) is 0 Å². The van der Waals surface area contributed by atoms with Gasteiger partial charge in [0.15, 0.2) is 0 Å². The molecular weight excluding hydrogens is 235 g/mol. The van der Waals surface area contributed by atoms with Gasteiger partial charge in [-0.25, -0.2) is 0 Å². The maximum Gasteiger partial charge on any atom is 0.142 e. The third-order valence-corrected chi connectivity index (χ3v) is 2.59. The van der Waals surface area contributed by atoms with Crippen LogP contribution in [0.2, 0.25) is 5.02 Å². The van der Waals surface area contributed by atoms with Crippen LogP contribution in [-0.4, -0.2) is 19.7 Å². The molecule has 0 fully saturated rings. The quantitative estimate of drug-likeness (QED) is 0.843. The number of ether oxygens (including phenoxy) is 1. The lowest BCUT2D eigenvalue weighted by molar-refractivity contribution is 0.323. The Hall–Kier alpha value is -0.640. The van der Waals surface area contributed by atoms with E-state index in [0.29, 0.717) is 13.2 Å². The van der Waals surface area contributed by atoms with Gasteiger partial charge in [0.25, 0.3) is 0 Å². The highest BCUT2D eigenvalue weighted by Gasteiger charge is 2.12. The minimum atomic E-state index is 0. The first-order valence-electron chi connectivity index (χ1n) is 4.70. The standard InChI is InChI=1S/C10H13ClN2O.ClH/c11-8-6-9-10(14-4-3-13-9)5-7(8)1-2-12;/h5-6,13H,1-4,12H2;1H. The van der Waals surface area contributed by atoms with Crippen LogP contribution in [0, 0.1) is 0 Å². The SMILES string of the molecule is Cl.NCCc1cc2c(cc1Cl)NCCO2. The van der Waals surface area contributed by atoms with Crippen LogP contribution in [0.15, 0.2) is 12.1 Å². The van der Waals surface area contributed by atoms with Gasteiger partial charge in [0.2, 0.25) is 0 Å². The molecule has 3 nitrogen and oxygen atoms in total. The van der Waals surface area contributed by atoms with Gasteiger partial charge in [-0.15, -0.1) is 12.4 Å². The van der Waals surface area contributed by atoms with Crippen molar-refractivity contribution in [2.45, 2.75) is 6.42 Å². The molecule has 3 N–H and O–H groups in total. The first-order valence-corrected chi connectivity index (χ1v) is 5.08. The van der Waals surface area contributed by atoms with Crippen LogP contribution >= 0.6 is 24.0 Å². The number of nitrogens with one attached hydrogen (secondary N) is 1. The number of hydrogen-bond acceptors (Lipinski definition) is 3. The Bertz CT molecular complexity index is 344. The maximum atomic E-state index is 6.09. The number of hydrogen-bond donors (Lipinski definition) is 2. The minimum Gasteiger partial charge on any atom is -0.490 e. The number of benzene rings is 1. The molecule has 0 saturated carbocycles. The zero-order chi connectivity index (χ0) is 9.97. The van der Waals surface area contributed by atoms with Crippen molar-refractivity contribution in [2.75, 3.05) is 25.0 Å². The van der Waals surface area contributed by atoms with E-state index in [-0.39, 0.29) is 12.4 Å². The molecule has 1 aliphatic rings. The summed E-state index contributed by atoms with van der Waals surface area (Å²) in [7, 11) is 0.